The number of rotatable bonds is 6. The van der Waals surface area contributed by atoms with E-state index in [-0.39, 0.29) is 12.6 Å². The highest BCUT2D eigenvalue weighted by molar-refractivity contribution is 6.32. The van der Waals surface area contributed by atoms with Crippen LogP contribution >= 0.6 is 11.6 Å². The number of esters is 1. The molecule has 0 aliphatic carbocycles. The van der Waals surface area contributed by atoms with E-state index in [1.807, 2.05) is 19.1 Å². The molecule has 0 atom stereocenters. The molecule has 0 heterocycles. The molecule has 0 aromatic heterocycles. The molecule has 6 nitrogen and oxygen atoms in total. The molecule has 0 unspecified atom stereocenters. The summed E-state index contributed by atoms with van der Waals surface area (Å²) in [6.45, 7) is 2.55. The fraction of sp³-hybridized carbons (Fsp3) is 0.222. The molecule has 2 aromatic rings. The number of hydrogen-bond donors (Lipinski definition) is 2. The fourth-order valence-corrected chi connectivity index (χ4v) is 2.20. The van der Waals surface area contributed by atoms with Crippen molar-refractivity contribution in [1.82, 2.24) is 5.32 Å². The van der Waals surface area contributed by atoms with Crippen molar-refractivity contribution < 1.29 is 19.1 Å². The summed E-state index contributed by atoms with van der Waals surface area (Å²) in [5, 5.41) is 5.86. The molecular formula is C18H19ClN2O4. The molecule has 0 aliphatic heterocycles. The summed E-state index contributed by atoms with van der Waals surface area (Å²) < 4.78 is 10.2. The Morgan fingerprint density at radius 1 is 1.12 bits per heavy atom. The molecule has 2 N–H and O–H groups in total. The van der Waals surface area contributed by atoms with E-state index in [4.69, 9.17) is 16.3 Å². The van der Waals surface area contributed by atoms with Crippen LogP contribution < -0.4 is 15.4 Å². The van der Waals surface area contributed by atoms with Crippen LogP contribution in [0.4, 0.5) is 10.5 Å². The molecule has 0 aliphatic rings. The number of amides is 2. The van der Waals surface area contributed by atoms with E-state index in [0.717, 1.165) is 5.56 Å². The van der Waals surface area contributed by atoms with Gasteiger partial charge in [-0.15, -0.1) is 0 Å². The Hall–Kier alpha value is -2.73. The first-order valence-corrected chi connectivity index (χ1v) is 7.99. The van der Waals surface area contributed by atoms with Gasteiger partial charge in [-0.05, 0) is 48.9 Å². The van der Waals surface area contributed by atoms with E-state index in [2.05, 4.69) is 15.4 Å². The minimum absolute atomic E-state index is 0.290. The van der Waals surface area contributed by atoms with Crippen molar-refractivity contribution in [2.45, 2.75) is 6.92 Å². The number of nitrogens with one attached hydrogen (secondary N) is 2. The number of carbonyl (C=O) groups is 2. The average Bonchev–Trinajstić information content (AvgIpc) is 2.61. The van der Waals surface area contributed by atoms with Gasteiger partial charge in [-0.3, -0.25) is 0 Å². The number of anilines is 1. The van der Waals surface area contributed by atoms with Gasteiger partial charge in [-0.1, -0.05) is 17.7 Å². The standard InChI is InChI=1S/C18H19ClN2O4/c1-12-3-8-15(19)16(11-12)25-10-9-20-18(23)21-14-6-4-13(5-7-14)17(22)24-2/h3-8,11H,9-10H2,1-2H3,(H2,20,21,23). The predicted molar refractivity (Wildman–Crippen MR) is 96.5 cm³/mol. The first kappa shape index (κ1) is 18.6. The Labute approximate surface area is 151 Å². The van der Waals surface area contributed by atoms with Crippen LogP contribution in [0.5, 0.6) is 5.75 Å². The lowest BCUT2D eigenvalue weighted by molar-refractivity contribution is 0.0600. The Balaban J connectivity index is 1.75. The zero-order valence-corrected chi connectivity index (χ0v) is 14.7. The minimum Gasteiger partial charge on any atom is -0.490 e. The summed E-state index contributed by atoms with van der Waals surface area (Å²) in [5.41, 5.74) is 2.02. The van der Waals surface area contributed by atoms with E-state index >= 15 is 0 Å². The summed E-state index contributed by atoms with van der Waals surface area (Å²) in [6, 6.07) is 11.5. The third kappa shape index (κ3) is 5.69. The van der Waals surface area contributed by atoms with Crippen molar-refractivity contribution in [3.63, 3.8) is 0 Å². The number of halogens is 1. The molecule has 2 amide bonds. The number of hydrogen-bond acceptors (Lipinski definition) is 4. The first-order valence-electron chi connectivity index (χ1n) is 7.62. The second-order valence-electron chi connectivity index (χ2n) is 5.23. The van der Waals surface area contributed by atoms with Crippen LogP contribution in [0.1, 0.15) is 15.9 Å². The molecule has 0 bridgehead atoms. The van der Waals surface area contributed by atoms with Gasteiger partial charge in [-0.25, -0.2) is 9.59 Å². The lowest BCUT2D eigenvalue weighted by atomic mass is 10.2. The van der Waals surface area contributed by atoms with Crippen LogP contribution in [0.15, 0.2) is 42.5 Å². The number of carbonyl (C=O) groups excluding carboxylic acids is 2. The number of aryl methyl sites for hydroxylation is 1. The van der Waals surface area contributed by atoms with E-state index in [9.17, 15) is 9.59 Å². The van der Waals surface area contributed by atoms with Gasteiger partial charge in [-0.2, -0.15) is 0 Å². The van der Waals surface area contributed by atoms with Gasteiger partial charge < -0.3 is 20.1 Å². The van der Waals surface area contributed by atoms with Gasteiger partial charge in [0.15, 0.2) is 0 Å². The largest absolute Gasteiger partial charge is 0.490 e. The number of urea groups is 1. The second kappa shape index (κ2) is 8.94. The molecule has 25 heavy (non-hydrogen) atoms. The SMILES string of the molecule is COC(=O)c1ccc(NC(=O)NCCOc2cc(C)ccc2Cl)cc1. The smallest absolute Gasteiger partial charge is 0.337 e. The van der Waals surface area contributed by atoms with E-state index < -0.39 is 5.97 Å². The molecule has 0 radical (unpaired) electrons. The summed E-state index contributed by atoms with van der Waals surface area (Å²) >= 11 is 6.03. The Bertz CT molecular complexity index is 747. The van der Waals surface area contributed by atoms with Crippen molar-refractivity contribution in [2.75, 3.05) is 25.6 Å². The van der Waals surface area contributed by atoms with E-state index in [0.29, 0.717) is 28.6 Å². The quantitative estimate of drug-likeness (QED) is 0.607. The van der Waals surface area contributed by atoms with Gasteiger partial charge >= 0.3 is 12.0 Å². The topological polar surface area (TPSA) is 76.7 Å². The van der Waals surface area contributed by atoms with Gasteiger partial charge in [0, 0.05) is 5.69 Å². The lowest BCUT2D eigenvalue weighted by Gasteiger charge is -2.11. The van der Waals surface area contributed by atoms with Gasteiger partial charge in [0.25, 0.3) is 0 Å². The zero-order valence-electron chi connectivity index (χ0n) is 14.0. The molecule has 0 fully saturated rings. The number of methoxy groups -OCH3 is 1. The van der Waals surface area contributed by atoms with Crippen LogP contribution in [-0.4, -0.2) is 32.3 Å². The van der Waals surface area contributed by atoms with E-state index in [1.165, 1.54) is 7.11 Å². The highest BCUT2D eigenvalue weighted by Crippen LogP contribution is 2.24. The highest BCUT2D eigenvalue weighted by atomic mass is 35.5. The van der Waals surface area contributed by atoms with Crippen molar-refractivity contribution in [3.8, 4) is 5.75 Å². The maximum Gasteiger partial charge on any atom is 0.337 e. The highest BCUT2D eigenvalue weighted by Gasteiger charge is 2.06. The molecule has 132 valence electrons. The van der Waals surface area contributed by atoms with Crippen LogP contribution in [0.2, 0.25) is 5.02 Å². The minimum atomic E-state index is -0.428. The maximum atomic E-state index is 11.8. The van der Waals surface area contributed by atoms with Crippen LogP contribution in [0, 0.1) is 6.92 Å². The number of ether oxygens (including phenoxy) is 2. The monoisotopic (exact) mass is 362 g/mol. The summed E-state index contributed by atoms with van der Waals surface area (Å²) in [5.74, 6) is 0.158. The third-order valence-electron chi connectivity index (χ3n) is 3.30. The lowest BCUT2D eigenvalue weighted by Crippen LogP contribution is -2.32. The van der Waals surface area contributed by atoms with Gasteiger partial charge in [0.05, 0.1) is 24.2 Å². The Kier molecular flexibility index (Phi) is 6.65. The normalized spacial score (nSPS) is 10.0. The van der Waals surface area contributed by atoms with Crippen molar-refractivity contribution in [1.29, 1.82) is 0 Å². The molecule has 0 spiro atoms. The molecule has 2 rings (SSSR count). The van der Waals surface area contributed by atoms with Gasteiger partial charge in [0.1, 0.15) is 12.4 Å². The van der Waals surface area contributed by atoms with Crippen LogP contribution in [0.25, 0.3) is 0 Å². The average molecular weight is 363 g/mol. The van der Waals surface area contributed by atoms with E-state index in [1.54, 1.807) is 30.3 Å². The second-order valence-corrected chi connectivity index (χ2v) is 5.64. The molecular weight excluding hydrogens is 344 g/mol. The summed E-state index contributed by atoms with van der Waals surface area (Å²) in [4.78, 5) is 23.2. The third-order valence-corrected chi connectivity index (χ3v) is 3.61. The van der Waals surface area contributed by atoms with Gasteiger partial charge in [0.2, 0.25) is 0 Å². The van der Waals surface area contributed by atoms with Crippen molar-refractivity contribution in [3.05, 3.63) is 58.6 Å². The maximum absolute atomic E-state index is 11.8. The summed E-state index contributed by atoms with van der Waals surface area (Å²) in [7, 11) is 1.31. The fourth-order valence-electron chi connectivity index (χ4n) is 2.03. The first-order chi connectivity index (χ1) is 12.0. The Morgan fingerprint density at radius 2 is 1.84 bits per heavy atom. The summed E-state index contributed by atoms with van der Waals surface area (Å²) in [6.07, 6.45) is 0. The molecule has 0 saturated carbocycles. The predicted octanol–water partition coefficient (Wildman–Crippen LogP) is 3.64. The van der Waals surface area contributed by atoms with Crippen LogP contribution in [0.3, 0.4) is 0 Å². The molecule has 2 aromatic carbocycles. The van der Waals surface area contributed by atoms with Crippen molar-refractivity contribution >= 4 is 29.3 Å². The number of benzene rings is 2. The zero-order chi connectivity index (χ0) is 18.2. The van der Waals surface area contributed by atoms with Crippen LogP contribution in [-0.2, 0) is 4.74 Å². The molecule has 0 saturated heterocycles. The van der Waals surface area contributed by atoms with Crippen molar-refractivity contribution in [2.24, 2.45) is 0 Å². The molecule has 7 heteroatoms. The Morgan fingerprint density at radius 3 is 2.52 bits per heavy atom.